The fourth-order valence-electron chi connectivity index (χ4n) is 0. The second kappa shape index (κ2) is 5.73. The molecule has 0 aliphatic rings. The molecule has 7 heavy (non-hydrogen) atoms. The quantitative estimate of drug-likeness (QED) is 0.408. The zero-order valence-electron chi connectivity index (χ0n) is 3.04. The van der Waals surface area contributed by atoms with E-state index in [1.807, 2.05) is 0 Å². The van der Waals surface area contributed by atoms with Crippen LogP contribution in [0.5, 0.6) is 0 Å². The summed E-state index contributed by atoms with van der Waals surface area (Å²) >= 11 is 0. The first-order valence-corrected chi connectivity index (χ1v) is 2.00. The molecule has 0 rings (SSSR count). The minimum Gasteiger partial charge on any atom is -0.759 e. The SMILES string of the molecule is O=S(=O)([O-])[O-].S.[Ce+3]. The van der Waals surface area contributed by atoms with Gasteiger partial charge in [0, 0.05) is 10.4 Å². The molecule has 0 aromatic carbocycles. The van der Waals surface area contributed by atoms with Crippen molar-refractivity contribution in [2.75, 3.05) is 0 Å². The van der Waals surface area contributed by atoms with E-state index < -0.39 is 10.4 Å². The fourth-order valence-corrected chi connectivity index (χ4v) is 0. The van der Waals surface area contributed by atoms with Gasteiger partial charge in [-0.25, -0.2) is 0 Å². The Kier molecular flexibility index (Phi) is 13.0. The van der Waals surface area contributed by atoms with Gasteiger partial charge < -0.3 is 9.11 Å². The molecule has 0 unspecified atom stereocenters. The van der Waals surface area contributed by atoms with Crippen molar-refractivity contribution in [3.05, 3.63) is 0 Å². The molecule has 0 fully saturated rings. The number of rotatable bonds is 0. The van der Waals surface area contributed by atoms with Crippen LogP contribution >= 0.6 is 13.5 Å². The standard InChI is InChI=1S/Ce.H2O4S.H2S/c;1-5(2,3)4;/h;(H2,1,2,3,4);1H2/q+3;;/p-2. The second-order valence-electron chi connectivity index (χ2n) is 0.408. The fraction of sp³-hybridized carbons (Fsp3) is 0. The van der Waals surface area contributed by atoms with E-state index in [4.69, 9.17) is 17.5 Å². The molecule has 4 nitrogen and oxygen atoms in total. The Bertz CT molecular complexity index is 92.9. The Morgan fingerprint density at radius 3 is 1.14 bits per heavy atom. The van der Waals surface area contributed by atoms with Gasteiger partial charge in [0.25, 0.3) is 0 Å². The monoisotopic (exact) mass is 270 g/mol. The van der Waals surface area contributed by atoms with Crippen LogP contribution in [0.2, 0.25) is 0 Å². The van der Waals surface area contributed by atoms with Crippen LogP contribution < -0.4 is 0 Å². The summed E-state index contributed by atoms with van der Waals surface area (Å²) in [6.07, 6.45) is 0. The zero-order valence-corrected chi connectivity index (χ0v) is 8.00. The molecule has 0 aromatic rings. The summed E-state index contributed by atoms with van der Waals surface area (Å²) in [5.41, 5.74) is 0. The molecule has 0 heterocycles. The van der Waals surface area contributed by atoms with Crippen molar-refractivity contribution in [1.82, 2.24) is 0 Å². The van der Waals surface area contributed by atoms with Gasteiger partial charge in [0.05, 0.1) is 0 Å². The Morgan fingerprint density at radius 1 is 1.14 bits per heavy atom. The molecule has 7 heteroatoms. The topological polar surface area (TPSA) is 80.3 Å². The van der Waals surface area contributed by atoms with Crippen LogP contribution in [0.25, 0.3) is 0 Å². The van der Waals surface area contributed by atoms with Crippen molar-refractivity contribution in [2.24, 2.45) is 0 Å². The third kappa shape index (κ3) is 93.3. The number of hydrogen-bond acceptors (Lipinski definition) is 4. The average molecular weight is 270 g/mol. The van der Waals surface area contributed by atoms with Crippen LogP contribution in [-0.2, 0) is 10.4 Å². The van der Waals surface area contributed by atoms with E-state index in [1.165, 1.54) is 0 Å². The molecular formula is H2CeO4S2+. The molecule has 0 saturated heterocycles. The maximum absolute atomic E-state index is 8.52. The molecule has 0 aliphatic carbocycles. The van der Waals surface area contributed by atoms with Crippen molar-refractivity contribution in [2.45, 2.75) is 0 Å². The van der Waals surface area contributed by atoms with Crippen LogP contribution in [0.1, 0.15) is 0 Å². The van der Waals surface area contributed by atoms with Crippen molar-refractivity contribution >= 4 is 23.9 Å². The van der Waals surface area contributed by atoms with Gasteiger partial charge in [-0.05, 0) is 0 Å². The van der Waals surface area contributed by atoms with Crippen molar-refractivity contribution in [1.29, 1.82) is 0 Å². The third-order valence-electron chi connectivity index (χ3n) is 0. The molecule has 0 saturated carbocycles. The van der Waals surface area contributed by atoms with Gasteiger partial charge >= 0.3 is 41.7 Å². The van der Waals surface area contributed by atoms with Gasteiger partial charge in [-0.15, -0.1) is 0 Å². The van der Waals surface area contributed by atoms with E-state index in [0.717, 1.165) is 0 Å². The van der Waals surface area contributed by atoms with Crippen molar-refractivity contribution in [3.8, 4) is 0 Å². The third-order valence-corrected chi connectivity index (χ3v) is 0. The van der Waals surface area contributed by atoms with Crippen LogP contribution in [0.15, 0.2) is 0 Å². The first kappa shape index (κ1) is 15.8. The summed E-state index contributed by atoms with van der Waals surface area (Å²) < 4.78 is 34.1. The van der Waals surface area contributed by atoms with Crippen molar-refractivity contribution < 1.29 is 59.3 Å². The summed E-state index contributed by atoms with van der Waals surface area (Å²) in [5.74, 6) is 0. The Balaban J connectivity index is -0.0000000800. The van der Waals surface area contributed by atoms with Crippen LogP contribution in [0.4, 0.5) is 0 Å². The first-order valence-electron chi connectivity index (χ1n) is 0.667. The van der Waals surface area contributed by atoms with Gasteiger partial charge in [0.2, 0.25) is 0 Å². The predicted molar refractivity (Wildman–Crippen MR) is 20.9 cm³/mol. The maximum Gasteiger partial charge on any atom is 3.00 e. The Hall–Kier alpha value is 1.60. The molecule has 0 aromatic heterocycles. The van der Waals surface area contributed by atoms with Gasteiger partial charge in [0.15, 0.2) is 0 Å². The minimum absolute atomic E-state index is 0. The van der Waals surface area contributed by atoms with Crippen LogP contribution in [0.3, 0.4) is 0 Å². The molecule has 1 radical (unpaired) electrons. The number of hydrogen-bond donors (Lipinski definition) is 0. The van der Waals surface area contributed by atoms with E-state index in [-0.39, 0.29) is 55.2 Å². The van der Waals surface area contributed by atoms with Crippen LogP contribution in [-0.4, -0.2) is 17.5 Å². The first-order chi connectivity index (χ1) is 2.00. The summed E-state index contributed by atoms with van der Waals surface area (Å²) in [7, 11) is -5.17. The molecular weight excluding hydrogens is 268 g/mol. The normalized spacial score (nSPS) is 8.29. The van der Waals surface area contributed by atoms with E-state index in [0.29, 0.717) is 0 Å². The molecule has 0 N–H and O–H groups in total. The van der Waals surface area contributed by atoms with Crippen LogP contribution in [0, 0.1) is 41.7 Å². The van der Waals surface area contributed by atoms with Gasteiger partial charge in [-0.1, -0.05) is 0 Å². The molecule has 0 aliphatic heterocycles. The molecule has 0 atom stereocenters. The summed E-state index contributed by atoms with van der Waals surface area (Å²) in [6.45, 7) is 0. The average Bonchev–Trinajstić information content (AvgIpc) is 0.722. The van der Waals surface area contributed by atoms with Gasteiger partial charge in [0.1, 0.15) is 0 Å². The van der Waals surface area contributed by atoms with E-state index in [1.54, 1.807) is 0 Å². The summed E-state index contributed by atoms with van der Waals surface area (Å²) in [5, 5.41) is 0. The molecule has 0 spiro atoms. The molecule has 0 bridgehead atoms. The second-order valence-corrected chi connectivity index (χ2v) is 1.22. The smallest absolute Gasteiger partial charge is 0.759 e. The van der Waals surface area contributed by atoms with E-state index in [9.17, 15) is 0 Å². The molecule has 41 valence electrons. The summed E-state index contributed by atoms with van der Waals surface area (Å²) in [4.78, 5) is 0. The van der Waals surface area contributed by atoms with Gasteiger partial charge in [-0.2, -0.15) is 13.5 Å². The largest absolute Gasteiger partial charge is 3.00 e. The Labute approximate surface area is 82.1 Å². The van der Waals surface area contributed by atoms with Crippen molar-refractivity contribution in [3.63, 3.8) is 0 Å². The van der Waals surface area contributed by atoms with E-state index >= 15 is 0 Å². The minimum atomic E-state index is -5.17. The van der Waals surface area contributed by atoms with E-state index in [2.05, 4.69) is 0 Å². The Morgan fingerprint density at radius 2 is 1.14 bits per heavy atom. The van der Waals surface area contributed by atoms with Gasteiger partial charge in [-0.3, -0.25) is 8.42 Å². The predicted octanol–water partition coefficient (Wildman–Crippen LogP) is -1.23. The molecule has 0 amide bonds. The zero-order chi connectivity index (χ0) is 4.50. The maximum atomic E-state index is 8.52. The summed E-state index contributed by atoms with van der Waals surface area (Å²) in [6, 6.07) is 0.